The van der Waals surface area contributed by atoms with Crippen LogP contribution in [-0.4, -0.2) is 53.4 Å². The summed E-state index contributed by atoms with van der Waals surface area (Å²) in [5.41, 5.74) is 4.84. The molecule has 1 aliphatic heterocycles. The topological polar surface area (TPSA) is 48.5 Å². The fourth-order valence-electron chi connectivity index (χ4n) is 3.21. The maximum absolute atomic E-state index is 12.8. The first-order valence-corrected chi connectivity index (χ1v) is 8.89. The number of aryl methyl sites for hydroxylation is 2. The van der Waals surface area contributed by atoms with Crippen LogP contribution in [0.4, 0.5) is 11.4 Å². The molecule has 0 aliphatic carbocycles. The van der Waals surface area contributed by atoms with Crippen molar-refractivity contribution in [2.75, 3.05) is 38.0 Å². The van der Waals surface area contributed by atoms with E-state index in [0.29, 0.717) is 5.69 Å². The molecule has 1 amide bonds. The van der Waals surface area contributed by atoms with Crippen molar-refractivity contribution in [2.45, 2.75) is 20.8 Å². The van der Waals surface area contributed by atoms with Crippen molar-refractivity contribution in [3.63, 3.8) is 0 Å². The van der Waals surface area contributed by atoms with Crippen LogP contribution in [0.15, 0.2) is 36.5 Å². The molecule has 2 aromatic rings. The van der Waals surface area contributed by atoms with Gasteiger partial charge in [0.25, 0.3) is 5.91 Å². The lowest BCUT2D eigenvalue weighted by Crippen LogP contribution is -2.48. The summed E-state index contributed by atoms with van der Waals surface area (Å²) in [5.74, 6) is 0.0147. The van der Waals surface area contributed by atoms with Crippen molar-refractivity contribution in [1.29, 1.82) is 0 Å². The molecular weight excluding hydrogens is 312 g/mol. The van der Waals surface area contributed by atoms with Gasteiger partial charge in [-0.15, -0.1) is 0 Å². The van der Waals surface area contributed by atoms with Crippen LogP contribution in [0.1, 0.15) is 28.5 Å². The smallest absolute Gasteiger partial charge is 0.272 e. The van der Waals surface area contributed by atoms with E-state index in [1.54, 1.807) is 6.20 Å². The van der Waals surface area contributed by atoms with Crippen LogP contribution >= 0.6 is 0 Å². The molecule has 1 aromatic carbocycles. The summed E-state index contributed by atoms with van der Waals surface area (Å²) >= 11 is 0. The number of benzene rings is 1. The molecule has 2 heterocycles. The maximum atomic E-state index is 12.8. The molecule has 0 atom stereocenters. The van der Waals surface area contributed by atoms with E-state index in [2.05, 4.69) is 48.1 Å². The molecule has 0 radical (unpaired) electrons. The van der Waals surface area contributed by atoms with Gasteiger partial charge in [-0.05, 0) is 43.7 Å². The van der Waals surface area contributed by atoms with Crippen molar-refractivity contribution in [1.82, 2.24) is 14.8 Å². The highest BCUT2D eigenvalue weighted by Crippen LogP contribution is 2.24. The predicted octanol–water partition coefficient (Wildman–Crippen LogP) is 3.22. The minimum Gasteiger partial charge on any atom is -0.355 e. The van der Waals surface area contributed by atoms with Gasteiger partial charge in [-0.2, -0.15) is 0 Å². The first-order chi connectivity index (χ1) is 12.1. The van der Waals surface area contributed by atoms with Crippen LogP contribution in [0.5, 0.6) is 0 Å². The Hall–Kier alpha value is -2.40. The number of nitrogens with zero attached hydrogens (tertiary/aromatic N) is 3. The minimum absolute atomic E-state index is 0.0147. The van der Waals surface area contributed by atoms with Crippen LogP contribution in [-0.2, 0) is 0 Å². The Morgan fingerprint density at radius 1 is 1.12 bits per heavy atom. The second kappa shape index (κ2) is 7.66. The van der Waals surface area contributed by atoms with Crippen LogP contribution < -0.4 is 5.32 Å². The number of nitrogens with one attached hydrogen (secondary N) is 1. The average Bonchev–Trinajstić information content (AvgIpc) is 2.64. The number of carbonyl (C=O) groups excluding carboxylic acids is 1. The SMILES string of the molecule is CCN1CCN(C(=O)c2cc(Nc3c(C)cccc3C)ccn2)CC1. The van der Waals surface area contributed by atoms with Gasteiger partial charge >= 0.3 is 0 Å². The van der Waals surface area contributed by atoms with Crippen LogP contribution in [0, 0.1) is 13.8 Å². The Balaban J connectivity index is 1.74. The van der Waals surface area contributed by atoms with Gasteiger partial charge in [0, 0.05) is 43.8 Å². The number of hydrogen-bond donors (Lipinski definition) is 1. The van der Waals surface area contributed by atoms with E-state index in [1.165, 1.54) is 11.1 Å². The van der Waals surface area contributed by atoms with Crippen molar-refractivity contribution in [3.05, 3.63) is 53.3 Å². The van der Waals surface area contributed by atoms with E-state index in [0.717, 1.165) is 44.1 Å². The second-order valence-corrected chi connectivity index (χ2v) is 6.55. The van der Waals surface area contributed by atoms with Gasteiger partial charge in [0.2, 0.25) is 0 Å². The van der Waals surface area contributed by atoms with E-state index in [-0.39, 0.29) is 5.91 Å². The van der Waals surface area contributed by atoms with Crippen LogP contribution in [0.3, 0.4) is 0 Å². The third-order valence-corrected chi connectivity index (χ3v) is 4.84. The quantitative estimate of drug-likeness (QED) is 0.930. The minimum atomic E-state index is 0.0147. The Kier molecular flexibility index (Phi) is 5.34. The summed E-state index contributed by atoms with van der Waals surface area (Å²) in [5, 5.41) is 3.44. The lowest BCUT2D eigenvalue weighted by Gasteiger charge is -2.33. The van der Waals surface area contributed by atoms with E-state index in [9.17, 15) is 4.79 Å². The first-order valence-electron chi connectivity index (χ1n) is 8.89. The molecule has 1 aromatic heterocycles. The Morgan fingerprint density at radius 2 is 1.80 bits per heavy atom. The van der Waals surface area contributed by atoms with Gasteiger partial charge in [0.1, 0.15) is 5.69 Å². The Morgan fingerprint density at radius 3 is 2.44 bits per heavy atom. The number of likely N-dealkylation sites (N-methyl/N-ethyl adjacent to an activating group) is 1. The van der Waals surface area contributed by atoms with E-state index in [4.69, 9.17) is 0 Å². The second-order valence-electron chi connectivity index (χ2n) is 6.55. The molecule has 1 aliphatic rings. The summed E-state index contributed by atoms with van der Waals surface area (Å²) in [7, 11) is 0. The molecule has 0 spiro atoms. The summed E-state index contributed by atoms with van der Waals surface area (Å²) < 4.78 is 0. The third-order valence-electron chi connectivity index (χ3n) is 4.84. The zero-order valence-corrected chi connectivity index (χ0v) is 15.2. The largest absolute Gasteiger partial charge is 0.355 e. The zero-order chi connectivity index (χ0) is 17.8. The number of anilines is 2. The van der Waals surface area contributed by atoms with E-state index >= 15 is 0 Å². The highest BCUT2D eigenvalue weighted by molar-refractivity contribution is 5.93. The first kappa shape index (κ1) is 17.4. The monoisotopic (exact) mass is 338 g/mol. The highest BCUT2D eigenvalue weighted by Gasteiger charge is 2.22. The number of rotatable bonds is 4. The molecule has 3 rings (SSSR count). The van der Waals surface area contributed by atoms with Gasteiger partial charge in [-0.25, -0.2) is 0 Å². The number of amides is 1. The molecular formula is C20H26N4O. The Labute approximate surface area is 149 Å². The normalized spacial score (nSPS) is 15.2. The fourth-order valence-corrected chi connectivity index (χ4v) is 3.21. The lowest BCUT2D eigenvalue weighted by atomic mass is 10.1. The third kappa shape index (κ3) is 3.99. The molecule has 132 valence electrons. The Bertz CT molecular complexity index is 731. The summed E-state index contributed by atoms with van der Waals surface area (Å²) in [6, 6.07) is 9.96. The molecule has 0 saturated carbocycles. The number of piperazine rings is 1. The molecule has 1 fully saturated rings. The fraction of sp³-hybridized carbons (Fsp3) is 0.400. The number of hydrogen-bond acceptors (Lipinski definition) is 4. The van der Waals surface area contributed by atoms with Crippen molar-refractivity contribution in [2.24, 2.45) is 0 Å². The number of carbonyl (C=O) groups is 1. The van der Waals surface area contributed by atoms with Crippen LogP contribution in [0.25, 0.3) is 0 Å². The van der Waals surface area contributed by atoms with Crippen molar-refractivity contribution < 1.29 is 4.79 Å². The van der Waals surface area contributed by atoms with Gasteiger partial charge in [-0.3, -0.25) is 9.78 Å². The van der Waals surface area contributed by atoms with Gasteiger partial charge < -0.3 is 15.1 Å². The molecule has 0 bridgehead atoms. The summed E-state index contributed by atoms with van der Waals surface area (Å²) in [6.45, 7) is 10.7. The highest BCUT2D eigenvalue weighted by atomic mass is 16.2. The van der Waals surface area contributed by atoms with E-state index < -0.39 is 0 Å². The average molecular weight is 338 g/mol. The standard InChI is InChI=1S/C20H26N4O/c1-4-23-10-12-24(13-11-23)20(25)18-14-17(8-9-21-18)22-19-15(2)6-5-7-16(19)3/h5-9,14H,4,10-13H2,1-3H3,(H,21,22). The molecule has 25 heavy (non-hydrogen) atoms. The summed E-state index contributed by atoms with van der Waals surface area (Å²) in [4.78, 5) is 21.3. The van der Waals surface area contributed by atoms with Crippen molar-refractivity contribution in [3.8, 4) is 0 Å². The van der Waals surface area contributed by atoms with Gasteiger partial charge in [0.05, 0.1) is 0 Å². The number of para-hydroxylation sites is 1. The van der Waals surface area contributed by atoms with Crippen LogP contribution in [0.2, 0.25) is 0 Å². The lowest BCUT2D eigenvalue weighted by molar-refractivity contribution is 0.0637. The predicted molar refractivity (Wildman–Crippen MR) is 101 cm³/mol. The summed E-state index contributed by atoms with van der Waals surface area (Å²) in [6.07, 6.45) is 1.70. The number of pyridine rings is 1. The molecule has 1 N–H and O–H groups in total. The maximum Gasteiger partial charge on any atom is 0.272 e. The molecule has 1 saturated heterocycles. The number of aromatic nitrogens is 1. The van der Waals surface area contributed by atoms with Crippen molar-refractivity contribution >= 4 is 17.3 Å². The molecule has 0 unspecified atom stereocenters. The van der Waals surface area contributed by atoms with E-state index in [1.807, 2.05) is 23.1 Å². The molecule has 5 heteroatoms. The molecule has 5 nitrogen and oxygen atoms in total. The van der Waals surface area contributed by atoms with Gasteiger partial charge in [-0.1, -0.05) is 25.1 Å². The van der Waals surface area contributed by atoms with Gasteiger partial charge in [0.15, 0.2) is 0 Å². The zero-order valence-electron chi connectivity index (χ0n) is 15.2.